The molecule has 1 unspecified atom stereocenters. The number of morpholine rings is 1. The van der Waals surface area contributed by atoms with Gasteiger partial charge >= 0.3 is 0 Å². The molecule has 0 amide bonds. The summed E-state index contributed by atoms with van der Waals surface area (Å²) in [5.74, 6) is 0. The molecule has 1 aliphatic carbocycles. The molecule has 0 bridgehead atoms. The van der Waals surface area contributed by atoms with E-state index in [1.165, 1.54) is 32.1 Å². The molecule has 2 fully saturated rings. The average Bonchev–Trinajstić information content (AvgIpc) is 2.31. The Morgan fingerprint density at radius 2 is 2.07 bits per heavy atom. The molecule has 3 heteroatoms. The van der Waals surface area contributed by atoms with Gasteiger partial charge in [0.05, 0.1) is 12.7 Å². The van der Waals surface area contributed by atoms with Crippen molar-refractivity contribution < 1.29 is 4.74 Å². The predicted octanol–water partition coefficient (Wildman–Crippen LogP) is 1.24. The van der Waals surface area contributed by atoms with Crippen LogP contribution in [0.5, 0.6) is 0 Å². The third-order valence-corrected chi connectivity index (χ3v) is 3.69. The van der Waals surface area contributed by atoms with Gasteiger partial charge in [0.25, 0.3) is 0 Å². The van der Waals surface area contributed by atoms with Crippen LogP contribution in [0.1, 0.15) is 32.1 Å². The molecule has 3 nitrogen and oxygen atoms in total. The lowest BCUT2D eigenvalue weighted by Crippen LogP contribution is -2.50. The van der Waals surface area contributed by atoms with Crippen molar-refractivity contribution >= 4 is 0 Å². The first kappa shape index (κ1) is 11.4. The summed E-state index contributed by atoms with van der Waals surface area (Å²) in [6.45, 7) is 4.18. The van der Waals surface area contributed by atoms with Crippen LogP contribution in [0.3, 0.4) is 0 Å². The highest BCUT2D eigenvalue weighted by Crippen LogP contribution is 2.23. The maximum atomic E-state index is 5.74. The van der Waals surface area contributed by atoms with Gasteiger partial charge in [-0.25, -0.2) is 0 Å². The summed E-state index contributed by atoms with van der Waals surface area (Å²) in [4.78, 5) is 2.66. The molecule has 1 saturated heterocycles. The molecule has 0 aromatic carbocycles. The predicted molar refractivity (Wildman–Crippen MR) is 62.1 cm³/mol. The van der Waals surface area contributed by atoms with Gasteiger partial charge in [-0.1, -0.05) is 19.3 Å². The summed E-state index contributed by atoms with van der Waals surface area (Å²) in [6.07, 6.45) is 7.53. The first-order chi connectivity index (χ1) is 7.40. The van der Waals surface area contributed by atoms with Crippen molar-refractivity contribution in [3.05, 3.63) is 0 Å². The molecule has 1 aliphatic heterocycles. The first-order valence-electron chi connectivity index (χ1n) is 6.40. The molecule has 0 spiro atoms. The fourth-order valence-electron chi connectivity index (χ4n) is 2.87. The zero-order valence-electron chi connectivity index (χ0n) is 9.87. The number of hydrogen-bond acceptors (Lipinski definition) is 3. The second-order valence-corrected chi connectivity index (χ2v) is 4.84. The van der Waals surface area contributed by atoms with Gasteiger partial charge in [0.1, 0.15) is 0 Å². The molecule has 1 atom stereocenters. The standard InChI is InChI=1S/C12H24N2O/c1-13-9-12-10-14(7-8-15-12)11-5-3-2-4-6-11/h11-13H,2-10H2,1H3. The molecule has 88 valence electrons. The molecule has 0 aromatic heterocycles. The fourth-order valence-corrected chi connectivity index (χ4v) is 2.87. The van der Waals surface area contributed by atoms with Crippen molar-refractivity contribution in [2.24, 2.45) is 0 Å². The minimum absolute atomic E-state index is 0.408. The number of hydrogen-bond donors (Lipinski definition) is 1. The Bertz CT molecular complexity index is 178. The zero-order valence-corrected chi connectivity index (χ0v) is 9.87. The summed E-state index contributed by atoms with van der Waals surface area (Å²) in [5, 5.41) is 3.21. The third kappa shape index (κ3) is 3.16. The van der Waals surface area contributed by atoms with Crippen molar-refractivity contribution in [1.29, 1.82) is 0 Å². The molecular formula is C12H24N2O. The molecule has 2 aliphatic rings. The van der Waals surface area contributed by atoms with Gasteiger partial charge in [0.15, 0.2) is 0 Å². The summed E-state index contributed by atoms with van der Waals surface area (Å²) in [5.41, 5.74) is 0. The van der Waals surface area contributed by atoms with Crippen molar-refractivity contribution in [3.63, 3.8) is 0 Å². The number of nitrogens with one attached hydrogen (secondary N) is 1. The SMILES string of the molecule is CNCC1CN(C2CCCCC2)CCO1. The van der Waals surface area contributed by atoms with E-state index in [1.807, 2.05) is 7.05 Å². The topological polar surface area (TPSA) is 24.5 Å². The lowest BCUT2D eigenvalue weighted by molar-refractivity contribution is -0.0461. The first-order valence-corrected chi connectivity index (χ1v) is 6.40. The van der Waals surface area contributed by atoms with Crippen molar-refractivity contribution in [3.8, 4) is 0 Å². The molecule has 1 N–H and O–H groups in total. The molecule has 2 rings (SSSR count). The monoisotopic (exact) mass is 212 g/mol. The molecule has 0 radical (unpaired) electrons. The Labute approximate surface area is 93.2 Å². The Kier molecular flexibility index (Phi) is 4.42. The molecular weight excluding hydrogens is 188 g/mol. The third-order valence-electron chi connectivity index (χ3n) is 3.69. The van der Waals surface area contributed by atoms with Gasteiger partial charge in [-0.05, 0) is 19.9 Å². The van der Waals surface area contributed by atoms with Gasteiger partial charge in [0.2, 0.25) is 0 Å². The van der Waals surface area contributed by atoms with Crippen molar-refractivity contribution in [2.45, 2.75) is 44.2 Å². The van der Waals surface area contributed by atoms with Gasteiger partial charge in [-0.3, -0.25) is 4.90 Å². The second-order valence-electron chi connectivity index (χ2n) is 4.84. The Balaban J connectivity index is 1.80. The van der Waals surface area contributed by atoms with Crippen molar-refractivity contribution in [2.75, 3.05) is 33.3 Å². The quantitative estimate of drug-likeness (QED) is 0.762. The Morgan fingerprint density at radius 1 is 1.27 bits per heavy atom. The van der Waals surface area contributed by atoms with Crippen LogP contribution in [0.4, 0.5) is 0 Å². The van der Waals surface area contributed by atoms with Gasteiger partial charge in [0, 0.05) is 25.7 Å². The van der Waals surface area contributed by atoms with Crippen LogP contribution in [0.2, 0.25) is 0 Å². The summed E-state index contributed by atoms with van der Waals surface area (Å²) in [6, 6.07) is 0.849. The van der Waals surface area contributed by atoms with Crippen LogP contribution in [0, 0.1) is 0 Å². The van der Waals surface area contributed by atoms with E-state index in [1.54, 1.807) is 0 Å². The Morgan fingerprint density at radius 3 is 2.80 bits per heavy atom. The van der Waals surface area contributed by atoms with E-state index in [-0.39, 0.29) is 0 Å². The molecule has 1 saturated carbocycles. The van der Waals surface area contributed by atoms with E-state index in [4.69, 9.17) is 4.74 Å². The summed E-state index contributed by atoms with van der Waals surface area (Å²) < 4.78 is 5.74. The smallest absolute Gasteiger partial charge is 0.0826 e. The second kappa shape index (κ2) is 5.83. The van der Waals surface area contributed by atoms with Crippen molar-refractivity contribution in [1.82, 2.24) is 10.2 Å². The zero-order chi connectivity index (χ0) is 10.5. The highest BCUT2D eigenvalue weighted by molar-refractivity contribution is 4.81. The minimum atomic E-state index is 0.408. The van der Waals surface area contributed by atoms with Gasteiger partial charge < -0.3 is 10.1 Å². The molecule has 1 heterocycles. The number of likely N-dealkylation sites (N-methyl/N-ethyl adjacent to an activating group) is 1. The Hall–Kier alpha value is -0.120. The normalized spacial score (nSPS) is 30.6. The van der Waals surface area contributed by atoms with Gasteiger partial charge in [-0.15, -0.1) is 0 Å². The number of nitrogens with zero attached hydrogens (tertiary/aromatic N) is 1. The highest BCUT2D eigenvalue weighted by atomic mass is 16.5. The maximum absolute atomic E-state index is 5.74. The number of ether oxygens (including phenoxy) is 1. The van der Waals surface area contributed by atoms with E-state index in [0.29, 0.717) is 6.10 Å². The van der Waals surface area contributed by atoms with Crippen LogP contribution < -0.4 is 5.32 Å². The molecule has 15 heavy (non-hydrogen) atoms. The fraction of sp³-hybridized carbons (Fsp3) is 1.00. The van der Waals surface area contributed by atoms with E-state index < -0.39 is 0 Å². The maximum Gasteiger partial charge on any atom is 0.0826 e. The highest BCUT2D eigenvalue weighted by Gasteiger charge is 2.26. The minimum Gasteiger partial charge on any atom is -0.374 e. The van der Waals surface area contributed by atoms with Crippen LogP contribution in [-0.2, 0) is 4.74 Å². The summed E-state index contributed by atoms with van der Waals surface area (Å²) >= 11 is 0. The largest absolute Gasteiger partial charge is 0.374 e. The van der Waals surface area contributed by atoms with Crippen LogP contribution in [0.15, 0.2) is 0 Å². The van der Waals surface area contributed by atoms with E-state index >= 15 is 0 Å². The lowest BCUT2D eigenvalue weighted by atomic mass is 9.93. The average molecular weight is 212 g/mol. The van der Waals surface area contributed by atoms with Crippen LogP contribution >= 0.6 is 0 Å². The van der Waals surface area contributed by atoms with E-state index in [2.05, 4.69) is 10.2 Å². The van der Waals surface area contributed by atoms with Crippen LogP contribution in [-0.4, -0.2) is 50.3 Å². The van der Waals surface area contributed by atoms with Gasteiger partial charge in [-0.2, -0.15) is 0 Å². The lowest BCUT2D eigenvalue weighted by Gasteiger charge is -2.39. The van der Waals surface area contributed by atoms with E-state index in [9.17, 15) is 0 Å². The summed E-state index contributed by atoms with van der Waals surface area (Å²) in [7, 11) is 2.00. The molecule has 0 aromatic rings. The van der Waals surface area contributed by atoms with E-state index in [0.717, 1.165) is 32.3 Å². The number of rotatable bonds is 3. The van der Waals surface area contributed by atoms with Crippen LogP contribution in [0.25, 0.3) is 0 Å².